The van der Waals surface area contributed by atoms with Crippen LogP contribution in [0.4, 0.5) is 0 Å². The lowest BCUT2D eigenvalue weighted by molar-refractivity contribution is -0.112. The molecule has 0 heterocycles. The van der Waals surface area contributed by atoms with Gasteiger partial charge in [-0.3, -0.25) is 0 Å². The van der Waals surface area contributed by atoms with Crippen molar-refractivity contribution in [3.63, 3.8) is 0 Å². The molecule has 70 valence electrons. The minimum absolute atomic E-state index is 0.135. The first-order valence-corrected chi connectivity index (χ1v) is 4.85. The van der Waals surface area contributed by atoms with Crippen LogP contribution in [0.1, 0.15) is 45.4 Å². The lowest BCUT2D eigenvalue weighted by atomic mass is 9.75. The zero-order valence-electron chi connectivity index (χ0n) is 7.75. The molecule has 1 atom stereocenters. The van der Waals surface area contributed by atoms with Gasteiger partial charge in [0.2, 0.25) is 0 Å². The predicted octanol–water partition coefficient (Wildman–Crippen LogP) is 1.91. The van der Waals surface area contributed by atoms with Crippen molar-refractivity contribution in [3.8, 4) is 0 Å². The molecule has 1 saturated carbocycles. The molecule has 0 radical (unpaired) electrons. The van der Waals surface area contributed by atoms with E-state index in [1.54, 1.807) is 0 Å². The summed E-state index contributed by atoms with van der Waals surface area (Å²) in [5.41, 5.74) is -0.542. The number of hydrogen-bond donors (Lipinski definition) is 1. The molecule has 2 nitrogen and oxygen atoms in total. The van der Waals surface area contributed by atoms with Gasteiger partial charge in [-0.2, -0.15) is 0 Å². The monoisotopic (exact) mass is 170 g/mol. The van der Waals surface area contributed by atoms with Crippen LogP contribution in [0.25, 0.3) is 0 Å². The average Bonchev–Trinajstić information content (AvgIpc) is 2.06. The average molecular weight is 170 g/mol. The van der Waals surface area contributed by atoms with Crippen molar-refractivity contribution in [2.45, 2.75) is 51.0 Å². The van der Waals surface area contributed by atoms with Crippen molar-refractivity contribution in [1.29, 1.82) is 0 Å². The molecule has 0 saturated heterocycles. The Balaban J connectivity index is 2.49. The van der Waals surface area contributed by atoms with Crippen molar-refractivity contribution in [2.75, 3.05) is 0 Å². The standard InChI is InChI=1S/C10H18O2/c1-9(5-8-11)10(12)6-3-2-4-7-10/h8-9,12H,2-7H2,1H3. The molecular formula is C10H18O2. The second-order valence-electron chi connectivity index (χ2n) is 3.97. The van der Waals surface area contributed by atoms with Crippen molar-refractivity contribution < 1.29 is 9.90 Å². The SMILES string of the molecule is CC(CC=O)C1(O)CCCCC1. The molecule has 1 aliphatic rings. The molecule has 0 spiro atoms. The molecule has 1 aliphatic carbocycles. The Bertz CT molecular complexity index is 148. The van der Waals surface area contributed by atoms with Crippen LogP contribution in [0.2, 0.25) is 0 Å². The highest BCUT2D eigenvalue weighted by Gasteiger charge is 2.34. The molecule has 0 amide bonds. The van der Waals surface area contributed by atoms with E-state index in [4.69, 9.17) is 0 Å². The summed E-state index contributed by atoms with van der Waals surface area (Å²) in [6.45, 7) is 1.97. The summed E-state index contributed by atoms with van der Waals surface area (Å²) in [5.74, 6) is 0.135. The van der Waals surface area contributed by atoms with Gasteiger partial charge in [-0.05, 0) is 18.8 Å². The van der Waals surface area contributed by atoms with E-state index in [1.807, 2.05) is 6.92 Å². The molecule has 0 aromatic carbocycles. The fraction of sp³-hybridized carbons (Fsp3) is 0.900. The van der Waals surface area contributed by atoms with Crippen LogP contribution in [0.3, 0.4) is 0 Å². The smallest absolute Gasteiger partial charge is 0.120 e. The van der Waals surface area contributed by atoms with E-state index in [0.29, 0.717) is 6.42 Å². The van der Waals surface area contributed by atoms with E-state index in [2.05, 4.69) is 0 Å². The van der Waals surface area contributed by atoms with E-state index in [1.165, 1.54) is 6.42 Å². The van der Waals surface area contributed by atoms with Gasteiger partial charge < -0.3 is 9.90 Å². The highest BCUT2D eigenvalue weighted by molar-refractivity contribution is 5.49. The first-order chi connectivity index (χ1) is 5.69. The summed E-state index contributed by atoms with van der Waals surface area (Å²) in [7, 11) is 0. The zero-order chi connectivity index (χ0) is 9.03. The summed E-state index contributed by atoms with van der Waals surface area (Å²) in [6, 6.07) is 0. The number of rotatable bonds is 3. The lowest BCUT2D eigenvalue weighted by Gasteiger charge is -2.36. The van der Waals surface area contributed by atoms with Gasteiger partial charge in [-0.25, -0.2) is 0 Å². The topological polar surface area (TPSA) is 37.3 Å². The summed E-state index contributed by atoms with van der Waals surface area (Å²) < 4.78 is 0. The molecule has 1 N–H and O–H groups in total. The van der Waals surface area contributed by atoms with Gasteiger partial charge in [0.15, 0.2) is 0 Å². The maximum absolute atomic E-state index is 10.3. The molecular weight excluding hydrogens is 152 g/mol. The van der Waals surface area contributed by atoms with Gasteiger partial charge in [-0.1, -0.05) is 26.2 Å². The Hall–Kier alpha value is -0.370. The largest absolute Gasteiger partial charge is 0.390 e. The summed E-state index contributed by atoms with van der Waals surface area (Å²) >= 11 is 0. The number of aliphatic hydroxyl groups is 1. The maximum atomic E-state index is 10.3. The van der Waals surface area contributed by atoms with E-state index in [9.17, 15) is 9.90 Å². The Morgan fingerprint density at radius 3 is 2.50 bits per heavy atom. The van der Waals surface area contributed by atoms with Crippen molar-refractivity contribution in [3.05, 3.63) is 0 Å². The van der Waals surface area contributed by atoms with Crippen LogP contribution in [-0.4, -0.2) is 17.0 Å². The minimum atomic E-state index is -0.542. The highest BCUT2D eigenvalue weighted by Crippen LogP contribution is 2.35. The molecule has 12 heavy (non-hydrogen) atoms. The van der Waals surface area contributed by atoms with Crippen LogP contribution in [0.15, 0.2) is 0 Å². The van der Waals surface area contributed by atoms with Gasteiger partial charge in [0.05, 0.1) is 5.60 Å². The highest BCUT2D eigenvalue weighted by atomic mass is 16.3. The van der Waals surface area contributed by atoms with Crippen LogP contribution >= 0.6 is 0 Å². The molecule has 0 aliphatic heterocycles. The van der Waals surface area contributed by atoms with E-state index >= 15 is 0 Å². The molecule has 1 unspecified atom stereocenters. The third-order valence-electron chi connectivity index (χ3n) is 3.09. The Kier molecular flexibility index (Phi) is 3.27. The summed E-state index contributed by atoms with van der Waals surface area (Å²) in [6.07, 6.45) is 6.62. The van der Waals surface area contributed by atoms with Crippen molar-refractivity contribution in [2.24, 2.45) is 5.92 Å². The summed E-state index contributed by atoms with van der Waals surface area (Å²) in [5, 5.41) is 10.1. The van der Waals surface area contributed by atoms with Crippen LogP contribution in [-0.2, 0) is 4.79 Å². The Morgan fingerprint density at radius 1 is 1.42 bits per heavy atom. The van der Waals surface area contributed by atoms with Gasteiger partial charge in [-0.15, -0.1) is 0 Å². The van der Waals surface area contributed by atoms with Crippen LogP contribution in [0.5, 0.6) is 0 Å². The molecule has 0 aromatic rings. The fourth-order valence-electron chi connectivity index (χ4n) is 2.02. The maximum Gasteiger partial charge on any atom is 0.120 e. The second-order valence-corrected chi connectivity index (χ2v) is 3.97. The van der Waals surface area contributed by atoms with Gasteiger partial charge in [0, 0.05) is 6.42 Å². The normalized spacial score (nSPS) is 24.8. The van der Waals surface area contributed by atoms with Crippen molar-refractivity contribution in [1.82, 2.24) is 0 Å². The quantitative estimate of drug-likeness (QED) is 0.657. The summed E-state index contributed by atoms with van der Waals surface area (Å²) in [4.78, 5) is 10.3. The van der Waals surface area contributed by atoms with E-state index in [0.717, 1.165) is 32.0 Å². The predicted molar refractivity (Wildman–Crippen MR) is 47.9 cm³/mol. The second kappa shape index (κ2) is 4.04. The third kappa shape index (κ3) is 2.07. The first-order valence-electron chi connectivity index (χ1n) is 4.85. The lowest BCUT2D eigenvalue weighted by Crippen LogP contribution is -2.38. The van der Waals surface area contributed by atoms with E-state index in [-0.39, 0.29) is 5.92 Å². The third-order valence-corrected chi connectivity index (χ3v) is 3.09. The Morgan fingerprint density at radius 2 is 2.00 bits per heavy atom. The van der Waals surface area contributed by atoms with Gasteiger partial charge in [0.1, 0.15) is 6.29 Å². The number of hydrogen-bond acceptors (Lipinski definition) is 2. The van der Waals surface area contributed by atoms with Crippen LogP contribution in [0, 0.1) is 5.92 Å². The number of carbonyl (C=O) groups is 1. The van der Waals surface area contributed by atoms with E-state index < -0.39 is 5.60 Å². The molecule has 0 aromatic heterocycles. The molecule has 0 bridgehead atoms. The molecule has 1 fully saturated rings. The van der Waals surface area contributed by atoms with Crippen molar-refractivity contribution >= 4 is 6.29 Å². The zero-order valence-corrected chi connectivity index (χ0v) is 7.75. The molecule has 1 rings (SSSR count). The number of aldehydes is 1. The number of carbonyl (C=O) groups excluding carboxylic acids is 1. The molecule has 2 heteroatoms. The Labute approximate surface area is 74.0 Å². The first kappa shape index (κ1) is 9.72. The van der Waals surface area contributed by atoms with Gasteiger partial charge in [0.25, 0.3) is 0 Å². The minimum Gasteiger partial charge on any atom is -0.390 e. The fourth-order valence-corrected chi connectivity index (χ4v) is 2.02. The van der Waals surface area contributed by atoms with Crippen LogP contribution < -0.4 is 0 Å². The van der Waals surface area contributed by atoms with Gasteiger partial charge >= 0.3 is 0 Å².